The molecule has 2 atom stereocenters. The van der Waals surface area contributed by atoms with Crippen LogP contribution in [0.5, 0.6) is 0 Å². The van der Waals surface area contributed by atoms with E-state index in [0.717, 1.165) is 17.5 Å². The fourth-order valence-corrected chi connectivity index (χ4v) is 2.94. The molecule has 0 N–H and O–H groups in total. The van der Waals surface area contributed by atoms with Crippen molar-refractivity contribution in [3.05, 3.63) is 65.7 Å². The molecule has 0 saturated heterocycles. The normalized spacial score (nSPS) is 18.7. The number of halogens is 1. The van der Waals surface area contributed by atoms with Gasteiger partial charge in [-0.15, -0.1) is 0 Å². The number of hydrogen-bond acceptors (Lipinski definition) is 3. The first-order valence-electron chi connectivity index (χ1n) is 7.99. The zero-order valence-corrected chi connectivity index (χ0v) is 13.2. The highest BCUT2D eigenvalue weighted by molar-refractivity contribution is 5.83. The van der Waals surface area contributed by atoms with Crippen LogP contribution in [0.4, 0.5) is 4.39 Å². The molecule has 0 bridgehead atoms. The summed E-state index contributed by atoms with van der Waals surface area (Å²) in [4.78, 5) is 18.6. The monoisotopic (exact) mass is 323 g/mol. The van der Waals surface area contributed by atoms with Crippen molar-refractivity contribution in [2.45, 2.75) is 25.3 Å². The average Bonchev–Trinajstić information content (AvgIpc) is 3.40. The van der Waals surface area contributed by atoms with E-state index in [-0.39, 0.29) is 23.6 Å². The van der Waals surface area contributed by atoms with Crippen LogP contribution in [0, 0.1) is 23.1 Å². The standard InChI is InChI=1S/C19H18FN3O/c20-16-6-4-15(5-7-16)17-11-18(17)19(24)23(10-2-8-21)13-14-3-1-9-22-12-14/h1,3-7,9,12,17-18H,2,10-11,13H2. The number of benzene rings is 1. The maximum Gasteiger partial charge on any atom is 0.226 e. The third kappa shape index (κ3) is 3.77. The third-order valence-electron chi connectivity index (χ3n) is 4.31. The zero-order valence-electron chi connectivity index (χ0n) is 13.2. The Bertz CT molecular complexity index is 739. The van der Waals surface area contributed by atoms with E-state index in [1.165, 1.54) is 12.1 Å². The lowest BCUT2D eigenvalue weighted by Crippen LogP contribution is -2.33. The number of amides is 1. The van der Waals surface area contributed by atoms with Gasteiger partial charge >= 0.3 is 0 Å². The highest BCUT2D eigenvalue weighted by Gasteiger charge is 2.45. The summed E-state index contributed by atoms with van der Waals surface area (Å²) in [6.45, 7) is 0.873. The van der Waals surface area contributed by atoms with Gasteiger partial charge in [-0.05, 0) is 41.7 Å². The number of pyridine rings is 1. The maximum atomic E-state index is 13.0. The molecule has 2 unspecified atom stereocenters. The van der Waals surface area contributed by atoms with Gasteiger partial charge in [-0.25, -0.2) is 4.39 Å². The summed E-state index contributed by atoms with van der Waals surface area (Å²) < 4.78 is 13.0. The lowest BCUT2D eigenvalue weighted by molar-refractivity contribution is -0.133. The van der Waals surface area contributed by atoms with Crippen LogP contribution in [0.2, 0.25) is 0 Å². The molecule has 1 saturated carbocycles. The van der Waals surface area contributed by atoms with Crippen molar-refractivity contribution in [3.63, 3.8) is 0 Å². The van der Waals surface area contributed by atoms with Gasteiger partial charge in [0.1, 0.15) is 5.82 Å². The molecule has 24 heavy (non-hydrogen) atoms. The number of hydrogen-bond donors (Lipinski definition) is 0. The number of aromatic nitrogens is 1. The topological polar surface area (TPSA) is 57.0 Å². The molecule has 0 spiro atoms. The van der Waals surface area contributed by atoms with Gasteiger partial charge in [0.2, 0.25) is 5.91 Å². The van der Waals surface area contributed by atoms with Gasteiger partial charge in [0.25, 0.3) is 0 Å². The van der Waals surface area contributed by atoms with E-state index < -0.39 is 0 Å². The molecule has 1 aliphatic carbocycles. The Morgan fingerprint density at radius 3 is 2.79 bits per heavy atom. The summed E-state index contributed by atoms with van der Waals surface area (Å²) in [6, 6.07) is 12.2. The van der Waals surface area contributed by atoms with Crippen LogP contribution in [-0.2, 0) is 11.3 Å². The van der Waals surface area contributed by atoms with E-state index in [4.69, 9.17) is 5.26 Å². The molecule has 1 aliphatic rings. The molecule has 1 heterocycles. The fraction of sp³-hybridized carbons (Fsp3) is 0.316. The molecular weight excluding hydrogens is 305 g/mol. The smallest absolute Gasteiger partial charge is 0.226 e. The van der Waals surface area contributed by atoms with Gasteiger partial charge < -0.3 is 4.90 Å². The first-order valence-corrected chi connectivity index (χ1v) is 7.99. The molecule has 3 rings (SSSR count). The van der Waals surface area contributed by atoms with Gasteiger partial charge in [0, 0.05) is 31.4 Å². The summed E-state index contributed by atoms with van der Waals surface area (Å²) in [5.41, 5.74) is 1.94. The zero-order chi connectivity index (χ0) is 16.9. The van der Waals surface area contributed by atoms with E-state index >= 15 is 0 Å². The Balaban J connectivity index is 1.68. The van der Waals surface area contributed by atoms with Crippen LogP contribution < -0.4 is 0 Å². The Labute approximate surface area is 140 Å². The molecule has 1 amide bonds. The molecule has 1 aromatic heterocycles. The summed E-state index contributed by atoms with van der Waals surface area (Å²) >= 11 is 0. The van der Waals surface area contributed by atoms with Crippen molar-refractivity contribution < 1.29 is 9.18 Å². The molecule has 1 fully saturated rings. The SMILES string of the molecule is N#CCCN(Cc1cccnc1)C(=O)C1CC1c1ccc(F)cc1. The number of nitrogens with zero attached hydrogens (tertiary/aromatic N) is 3. The van der Waals surface area contributed by atoms with Crippen LogP contribution in [0.1, 0.15) is 29.9 Å². The van der Waals surface area contributed by atoms with Gasteiger partial charge in [0.05, 0.1) is 12.5 Å². The van der Waals surface area contributed by atoms with E-state index in [1.807, 2.05) is 12.1 Å². The van der Waals surface area contributed by atoms with Crippen molar-refractivity contribution >= 4 is 5.91 Å². The predicted molar refractivity (Wildman–Crippen MR) is 87.1 cm³/mol. The second-order valence-corrected chi connectivity index (χ2v) is 6.03. The van der Waals surface area contributed by atoms with E-state index in [0.29, 0.717) is 19.5 Å². The minimum Gasteiger partial charge on any atom is -0.337 e. The van der Waals surface area contributed by atoms with Crippen molar-refractivity contribution in [3.8, 4) is 6.07 Å². The Hall–Kier alpha value is -2.74. The summed E-state index contributed by atoms with van der Waals surface area (Å²) in [5, 5.41) is 8.84. The number of nitriles is 1. The molecule has 122 valence electrons. The molecule has 0 radical (unpaired) electrons. The third-order valence-corrected chi connectivity index (χ3v) is 4.31. The molecule has 2 aromatic rings. The summed E-state index contributed by atoms with van der Waals surface area (Å²) in [6.07, 6.45) is 4.51. The summed E-state index contributed by atoms with van der Waals surface area (Å²) in [7, 11) is 0. The lowest BCUT2D eigenvalue weighted by atomic mass is 10.1. The molecule has 5 heteroatoms. The van der Waals surface area contributed by atoms with Gasteiger partial charge in [0.15, 0.2) is 0 Å². The van der Waals surface area contributed by atoms with Crippen molar-refractivity contribution in [2.24, 2.45) is 5.92 Å². The number of carbonyl (C=O) groups excluding carboxylic acids is 1. The van der Waals surface area contributed by atoms with E-state index in [9.17, 15) is 9.18 Å². The van der Waals surface area contributed by atoms with Gasteiger partial charge in [-0.1, -0.05) is 18.2 Å². The lowest BCUT2D eigenvalue weighted by Gasteiger charge is -2.22. The van der Waals surface area contributed by atoms with Crippen molar-refractivity contribution in [1.29, 1.82) is 5.26 Å². The first kappa shape index (κ1) is 16.1. The average molecular weight is 323 g/mol. The van der Waals surface area contributed by atoms with E-state index in [1.54, 1.807) is 29.4 Å². The van der Waals surface area contributed by atoms with Crippen molar-refractivity contribution in [1.82, 2.24) is 9.88 Å². The minimum atomic E-state index is -0.269. The molecule has 0 aliphatic heterocycles. The number of rotatable bonds is 6. The quantitative estimate of drug-likeness (QED) is 0.820. The van der Waals surface area contributed by atoms with Crippen LogP contribution in [0.3, 0.4) is 0 Å². The molecular formula is C19H18FN3O. The largest absolute Gasteiger partial charge is 0.337 e. The first-order chi connectivity index (χ1) is 11.7. The molecule has 4 nitrogen and oxygen atoms in total. The Kier molecular flexibility index (Phi) is 4.85. The fourth-order valence-electron chi connectivity index (χ4n) is 2.94. The summed E-state index contributed by atoms with van der Waals surface area (Å²) in [5.74, 6) is -0.139. The van der Waals surface area contributed by atoms with Crippen LogP contribution in [0.25, 0.3) is 0 Å². The van der Waals surface area contributed by atoms with Crippen LogP contribution in [0.15, 0.2) is 48.8 Å². The van der Waals surface area contributed by atoms with Crippen LogP contribution >= 0.6 is 0 Å². The predicted octanol–water partition coefficient (Wildman–Crippen LogP) is 3.27. The van der Waals surface area contributed by atoms with E-state index in [2.05, 4.69) is 11.1 Å². The highest BCUT2D eigenvalue weighted by Crippen LogP contribution is 2.48. The maximum absolute atomic E-state index is 13.0. The van der Waals surface area contributed by atoms with Gasteiger partial charge in [-0.3, -0.25) is 9.78 Å². The minimum absolute atomic E-state index is 0.0587. The number of carbonyl (C=O) groups is 1. The highest BCUT2D eigenvalue weighted by atomic mass is 19.1. The second kappa shape index (κ2) is 7.22. The second-order valence-electron chi connectivity index (χ2n) is 6.03. The Morgan fingerprint density at radius 1 is 1.33 bits per heavy atom. The molecule has 1 aromatic carbocycles. The Morgan fingerprint density at radius 2 is 2.12 bits per heavy atom. The van der Waals surface area contributed by atoms with Crippen molar-refractivity contribution in [2.75, 3.05) is 6.54 Å². The van der Waals surface area contributed by atoms with Gasteiger partial charge in [-0.2, -0.15) is 5.26 Å². The van der Waals surface area contributed by atoms with Crippen LogP contribution in [-0.4, -0.2) is 22.3 Å².